The summed E-state index contributed by atoms with van der Waals surface area (Å²) < 4.78 is 0. The summed E-state index contributed by atoms with van der Waals surface area (Å²) in [6, 6.07) is 16.8. The van der Waals surface area contributed by atoms with E-state index in [9.17, 15) is 10.1 Å². The fourth-order valence-electron chi connectivity index (χ4n) is 2.70. The lowest BCUT2D eigenvalue weighted by Crippen LogP contribution is -2.15. The third-order valence-corrected chi connectivity index (χ3v) is 3.91. The third kappa shape index (κ3) is 3.80. The monoisotopic (exact) mass is 334 g/mol. The van der Waals surface area contributed by atoms with Gasteiger partial charge in [0, 0.05) is 12.3 Å². The Hall–Kier alpha value is -3.28. The Labute approximate surface area is 145 Å². The fraction of sp³-hybridized carbons (Fsp3) is 0.158. The first kappa shape index (κ1) is 16.6. The first-order valence-corrected chi connectivity index (χ1v) is 7.90. The molecule has 1 N–H and O–H groups in total. The van der Waals surface area contributed by atoms with Crippen molar-refractivity contribution in [2.24, 2.45) is 0 Å². The van der Waals surface area contributed by atoms with Crippen molar-refractivity contribution in [3.8, 4) is 0 Å². The Bertz CT molecular complexity index is 897. The molecule has 0 saturated heterocycles. The highest BCUT2D eigenvalue weighted by atomic mass is 16.6. The zero-order chi connectivity index (χ0) is 17.8. The van der Waals surface area contributed by atoms with Crippen LogP contribution in [0.25, 0.3) is 0 Å². The van der Waals surface area contributed by atoms with Crippen molar-refractivity contribution in [1.82, 2.24) is 9.97 Å². The minimum Gasteiger partial charge on any atom is -0.358 e. The molecule has 6 heteroatoms. The van der Waals surface area contributed by atoms with Crippen LogP contribution in [0.1, 0.15) is 28.6 Å². The maximum atomic E-state index is 11.0. The molecule has 2 heterocycles. The third-order valence-electron chi connectivity index (χ3n) is 3.91. The summed E-state index contributed by atoms with van der Waals surface area (Å²) in [6.07, 6.45) is 1.74. The quantitative estimate of drug-likeness (QED) is 0.558. The van der Waals surface area contributed by atoms with E-state index in [1.807, 2.05) is 43.3 Å². The SMILES string of the molecule is Cc1cccc(C(Nc2ccc([N+](=O)[O-])c(C)n2)c2ccccn2)c1. The molecule has 0 aliphatic heterocycles. The van der Waals surface area contributed by atoms with Crippen LogP contribution in [0.15, 0.2) is 60.8 Å². The standard InChI is InChI=1S/C19H18N4O2/c1-13-6-5-7-15(12-13)19(16-8-3-4-11-20-16)22-18-10-9-17(23(24)25)14(2)21-18/h3-12,19H,1-2H3,(H,21,22). The van der Waals surface area contributed by atoms with Crippen molar-refractivity contribution in [3.63, 3.8) is 0 Å². The van der Waals surface area contributed by atoms with Gasteiger partial charge in [-0.15, -0.1) is 0 Å². The van der Waals surface area contributed by atoms with Gasteiger partial charge >= 0.3 is 0 Å². The van der Waals surface area contributed by atoms with E-state index in [1.54, 1.807) is 19.2 Å². The molecule has 0 spiro atoms. The van der Waals surface area contributed by atoms with Gasteiger partial charge in [0.05, 0.1) is 16.7 Å². The predicted molar refractivity (Wildman–Crippen MR) is 96.5 cm³/mol. The number of hydrogen-bond donors (Lipinski definition) is 1. The molecule has 1 atom stereocenters. The van der Waals surface area contributed by atoms with E-state index in [0.29, 0.717) is 11.5 Å². The molecular weight excluding hydrogens is 316 g/mol. The molecule has 0 radical (unpaired) electrons. The molecule has 1 aromatic carbocycles. The Morgan fingerprint density at radius 1 is 1.08 bits per heavy atom. The van der Waals surface area contributed by atoms with Gasteiger partial charge in [-0.3, -0.25) is 15.1 Å². The van der Waals surface area contributed by atoms with Crippen LogP contribution in [-0.2, 0) is 0 Å². The van der Waals surface area contributed by atoms with E-state index in [4.69, 9.17) is 0 Å². The van der Waals surface area contributed by atoms with E-state index < -0.39 is 4.92 Å². The summed E-state index contributed by atoms with van der Waals surface area (Å²) in [5, 5.41) is 14.3. The molecular formula is C19H18N4O2. The highest BCUT2D eigenvalue weighted by Gasteiger charge is 2.18. The van der Waals surface area contributed by atoms with Crippen LogP contribution in [0, 0.1) is 24.0 Å². The van der Waals surface area contributed by atoms with Gasteiger partial charge in [0.1, 0.15) is 11.5 Å². The first-order valence-electron chi connectivity index (χ1n) is 7.90. The largest absolute Gasteiger partial charge is 0.358 e. The number of benzene rings is 1. The summed E-state index contributed by atoms with van der Waals surface area (Å²) in [5.41, 5.74) is 3.44. The van der Waals surface area contributed by atoms with Crippen LogP contribution in [0.3, 0.4) is 0 Å². The molecule has 3 rings (SSSR count). The molecule has 126 valence electrons. The van der Waals surface area contributed by atoms with Gasteiger partial charge in [0.25, 0.3) is 5.69 Å². The van der Waals surface area contributed by atoms with Gasteiger partial charge in [0.15, 0.2) is 0 Å². The minimum absolute atomic E-state index is 0.00971. The second kappa shape index (κ2) is 7.09. The van der Waals surface area contributed by atoms with Crippen LogP contribution < -0.4 is 5.32 Å². The van der Waals surface area contributed by atoms with Gasteiger partial charge in [-0.25, -0.2) is 4.98 Å². The molecule has 25 heavy (non-hydrogen) atoms. The molecule has 0 amide bonds. The summed E-state index contributed by atoms with van der Waals surface area (Å²) in [4.78, 5) is 19.3. The topological polar surface area (TPSA) is 81.0 Å². The van der Waals surface area contributed by atoms with Crippen molar-refractivity contribution in [2.45, 2.75) is 19.9 Å². The number of hydrogen-bond acceptors (Lipinski definition) is 5. The van der Waals surface area contributed by atoms with Gasteiger partial charge in [-0.2, -0.15) is 0 Å². The average Bonchev–Trinajstić information content (AvgIpc) is 2.60. The molecule has 1 unspecified atom stereocenters. The Morgan fingerprint density at radius 3 is 2.56 bits per heavy atom. The smallest absolute Gasteiger partial charge is 0.290 e. The van der Waals surface area contributed by atoms with Crippen molar-refractivity contribution in [3.05, 3.63) is 93.4 Å². The highest BCUT2D eigenvalue weighted by Crippen LogP contribution is 2.26. The maximum Gasteiger partial charge on any atom is 0.290 e. The number of aryl methyl sites for hydroxylation is 2. The molecule has 2 aromatic heterocycles. The van der Waals surface area contributed by atoms with Crippen molar-refractivity contribution >= 4 is 11.5 Å². The molecule has 0 bridgehead atoms. The molecule has 6 nitrogen and oxygen atoms in total. The number of aromatic nitrogens is 2. The van der Waals surface area contributed by atoms with E-state index in [1.165, 1.54) is 6.07 Å². The zero-order valence-corrected chi connectivity index (χ0v) is 14.0. The highest BCUT2D eigenvalue weighted by molar-refractivity contribution is 5.48. The summed E-state index contributed by atoms with van der Waals surface area (Å²) in [6.45, 7) is 3.67. The average molecular weight is 334 g/mol. The van der Waals surface area contributed by atoms with Crippen LogP contribution >= 0.6 is 0 Å². The lowest BCUT2D eigenvalue weighted by atomic mass is 10.0. The zero-order valence-electron chi connectivity index (χ0n) is 14.0. The van der Waals surface area contributed by atoms with Crippen molar-refractivity contribution < 1.29 is 4.92 Å². The lowest BCUT2D eigenvalue weighted by molar-refractivity contribution is -0.385. The molecule has 0 aliphatic carbocycles. The van der Waals surface area contributed by atoms with E-state index in [2.05, 4.69) is 21.4 Å². The normalized spacial score (nSPS) is 11.8. The predicted octanol–water partition coefficient (Wildman–Crippen LogP) is 4.20. The van der Waals surface area contributed by atoms with Crippen molar-refractivity contribution in [2.75, 3.05) is 5.32 Å². The molecule has 0 aliphatic rings. The van der Waals surface area contributed by atoms with E-state index in [0.717, 1.165) is 16.8 Å². The number of nitrogens with zero attached hydrogens (tertiary/aromatic N) is 3. The number of rotatable bonds is 5. The second-order valence-corrected chi connectivity index (χ2v) is 5.80. The van der Waals surface area contributed by atoms with Gasteiger partial charge < -0.3 is 5.32 Å². The van der Waals surface area contributed by atoms with Crippen LogP contribution in [0.2, 0.25) is 0 Å². The number of nitro groups is 1. The number of pyridine rings is 2. The van der Waals surface area contributed by atoms with Gasteiger partial charge in [-0.1, -0.05) is 35.9 Å². The first-order chi connectivity index (χ1) is 12.0. The van der Waals surface area contributed by atoms with Gasteiger partial charge in [-0.05, 0) is 37.6 Å². The van der Waals surface area contributed by atoms with Crippen LogP contribution in [0.5, 0.6) is 0 Å². The van der Waals surface area contributed by atoms with Crippen LogP contribution in [-0.4, -0.2) is 14.9 Å². The number of anilines is 1. The Balaban J connectivity index is 1.98. The summed E-state index contributed by atoms with van der Waals surface area (Å²) in [7, 11) is 0. The van der Waals surface area contributed by atoms with E-state index in [-0.39, 0.29) is 11.7 Å². The molecule has 0 saturated carbocycles. The summed E-state index contributed by atoms with van der Waals surface area (Å²) >= 11 is 0. The number of nitrogens with one attached hydrogen (secondary N) is 1. The van der Waals surface area contributed by atoms with Gasteiger partial charge in [0.2, 0.25) is 0 Å². The van der Waals surface area contributed by atoms with Crippen LogP contribution in [0.4, 0.5) is 11.5 Å². The Kier molecular flexibility index (Phi) is 4.70. The van der Waals surface area contributed by atoms with Crippen molar-refractivity contribution in [1.29, 1.82) is 0 Å². The minimum atomic E-state index is -0.428. The molecule has 3 aromatic rings. The lowest BCUT2D eigenvalue weighted by Gasteiger charge is -2.20. The van der Waals surface area contributed by atoms with E-state index >= 15 is 0 Å². The molecule has 0 fully saturated rings. The second-order valence-electron chi connectivity index (χ2n) is 5.80. The Morgan fingerprint density at radius 2 is 1.92 bits per heavy atom. The fourth-order valence-corrected chi connectivity index (χ4v) is 2.70. The summed E-state index contributed by atoms with van der Waals surface area (Å²) in [5.74, 6) is 0.570. The maximum absolute atomic E-state index is 11.0.